The molecule has 0 unspecified atom stereocenters. The second kappa shape index (κ2) is 7.05. The number of carbonyl (C=O) groups excluding carboxylic acids is 1. The molecule has 0 bridgehead atoms. The van der Waals surface area contributed by atoms with Crippen LogP contribution in [0.3, 0.4) is 0 Å². The van der Waals surface area contributed by atoms with Gasteiger partial charge in [-0.25, -0.2) is 4.98 Å². The van der Waals surface area contributed by atoms with Gasteiger partial charge in [-0.05, 0) is 30.2 Å². The fourth-order valence-corrected chi connectivity index (χ4v) is 2.91. The number of likely N-dealkylation sites (tertiary alicyclic amines) is 1. The number of amides is 1. The predicted octanol–water partition coefficient (Wildman–Crippen LogP) is 1.72. The predicted molar refractivity (Wildman–Crippen MR) is 99.9 cm³/mol. The van der Waals surface area contributed by atoms with E-state index in [0.29, 0.717) is 24.7 Å². The van der Waals surface area contributed by atoms with Crippen LogP contribution >= 0.6 is 0 Å². The third-order valence-electron chi connectivity index (χ3n) is 4.40. The summed E-state index contributed by atoms with van der Waals surface area (Å²) in [6.07, 6.45) is 0.841. The van der Waals surface area contributed by atoms with Crippen LogP contribution in [0.4, 0.5) is 10.6 Å². The second-order valence-corrected chi connectivity index (χ2v) is 6.13. The minimum Gasteiger partial charge on any atom is -0.496 e. The lowest BCUT2D eigenvalue weighted by molar-refractivity contribution is 0.0522. The zero-order valence-electron chi connectivity index (χ0n) is 14.8. The van der Waals surface area contributed by atoms with Gasteiger partial charge in [0.1, 0.15) is 23.4 Å². The number of nitrogens with two attached hydrogens (primary N) is 1. The normalized spacial score (nSPS) is 14.1. The summed E-state index contributed by atoms with van der Waals surface area (Å²) in [5.74, 6) is 2.03. The fraction of sp³-hybridized carbons (Fsp3) is 0.333. The van der Waals surface area contributed by atoms with E-state index in [1.807, 2.05) is 24.3 Å². The van der Waals surface area contributed by atoms with Crippen molar-refractivity contribution in [2.45, 2.75) is 19.4 Å². The molecule has 7 heteroatoms. The number of nitrogen functional groups attached to an aromatic ring is 1. The topological polar surface area (TPSA) is 77.7 Å². The number of benzene rings is 1. The van der Waals surface area contributed by atoms with Crippen molar-refractivity contribution < 1.29 is 14.3 Å². The molecule has 6 nitrogen and oxygen atoms in total. The van der Waals surface area contributed by atoms with Crippen LogP contribution in [-0.2, 0) is 6.42 Å². The number of pyridine rings is 1. The lowest BCUT2D eigenvalue weighted by Crippen LogP contribution is -2.55. The molecule has 1 aromatic heterocycles. The first-order valence-corrected chi connectivity index (χ1v) is 8.37. The Kier molecular flexibility index (Phi) is 4.83. The number of anilines is 1. The Hall–Kier alpha value is -2.70. The second-order valence-electron chi connectivity index (χ2n) is 6.13. The van der Waals surface area contributed by atoms with E-state index in [1.165, 1.54) is 0 Å². The van der Waals surface area contributed by atoms with Gasteiger partial charge in [0.25, 0.3) is 0 Å². The molecule has 2 heterocycles. The lowest BCUT2D eigenvalue weighted by atomic mass is 10.0. The van der Waals surface area contributed by atoms with Crippen molar-refractivity contribution in [2.75, 3.05) is 25.9 Å². The molecule has 2 N–H and O–H groups in total. The molecule has 0 atom stereocenters. The van der Waals surface area contributed by atoms with Crippen LogP contribution in [-0.4, -0.2) is 49.8 Å². The van der Waals surface area contributed by atoms with Crippen molar-refractivity contribution in [1.29, 1.82) is 0 Å². The van der Waals surface area contributed by atoms with Crippen LogP contribution in [0.15, 0.2) is 30.3 Å². The number of aromatic nitrogens is 1. The van der Waals surface area contributed by atoms with E-state index in [9.17, 15) is 4.79 Å². The highest BCUT2D eigenvalue weighted by molar-refractivity contribution is 6.57. The Morgan fingerprint density at radius 3 is 2.72 bits per heavy atom. The van der Waals surface area contributed by atoms with Crippen LogP contribution in [0, 0.1) is 0 Å². The quantitative estimate of drug-likeness (QED) is 0.840. The van der Waals surface area contributed by atoms with Gasteiger partial charge in [0.05, 0.1) is 25.9 Å². The Morgan fingerprint density at radius 2 is 2.12 bits per heavy atom. The van der Waals surface area contributed by atoms with Gasteiger partial charge in [-0.2, -0.15) is 0 Å². The fourth-order valence-electron chi connectivity index (χ4n) is 2.91. The van der Waals surface area contributed by atoms with Gasteiger partial charge >= 0.3 is 0 Å². The van der Waals surface area contributed by atoms with E-state index in [4.69, 9.17) is 15.2 Å². The molecule has 0 spiro atoms. The molecule has 1 aliphatic heterocycles. The number of carbonyl (C=O) groups is 1. The molecular formula is C18H22BN3O3. The average Bonchev–Trinajstić information content (AvgIpc) is 2.56. The van der Waals surface area contributed by atoms with E-state index in [1.54, 1.807) is 25.9 Å². The molecule has 1 saturated heterocycles. The van der Waals surface area contributed by atoms with Gasteiger partial charge in [-0.1, -0.05) is 13.0 Å². The number of hydrogen-bond acceptors (Lipinski definition) is 5. The third-order valence-corrected chi connectivity index (χ3v) is 4.40. The van der Waals surface area contributed by atoms with E-state index in [-0.39, 0.29) is 11.9 Å². The largest absolute Gasteiger partial charge is 0.496 e. The van der Waals surface area contributed by atoms with Gasteiger partial charge in [0.15, 0.2) is 5.81 Å². The van der Waals surface area contributed by atoms with Crippen LogP contribution in [0.2, 0.25) is 0 Å². The van der Waals surface area contributed by atoms with E-state index < -0.39 is 0 Å². The third kappa shape index (κ3) is 3.55. The monoisotopic (exact) mass is 339 g/mol. The number of hydrogen-bond donors (Lipinski definition) is 1. The summed E-state index contributed by atoms with van der Waals surface area (Å²) in [6, 6.07) is 9.47. The summed E-state index contributed by atoms with van der Waals surface area (Å²) >= 11 is 0. The minimum absolute atomic E-state index is 0.0234. The molecule has 2 aromatic rings. The van der Waals surface area contributed by atoms with Crippen LogP contribution < -0.4 is 15.2 Å². The number of aryl methyl sites for hydroxylation is 1. The van der Waals surface area contributed by atoms with Crippen molar-refractivity contribution in [3.8, 4) is 22.8 Å². The molecule has 130 valence electrons. The van der Waals surface area contributed by atoms with Crippen molar-refractivity contribution >= 4 is 19.5 Å². The smallest absolute Gasteiger partial charge is 0.215 e. The Morgan fingerprint density at radius 1 is 1.36 bits per heavy atom. The standard InChI is InChI=1S/C18H22BN3O3/c1-3-11-7-13(14-5-4-6-17(20)21-14)16(24-2)8-15(11)25-12-9-22(10-12)18(19)23/h4-8,12H,3,9-10,19H2,1-2H3,(H2,20,21). The maximum atomic E-state index is 11.3. The zero-order valence-corrected chi connectivity index (χ0v) is 14.8. The van der Waals surface area contributed by atoms with Gasteiger partial charge in [-0.15, -0.1) is 0 Å². The van der Waals surface area contributed by atoms with Crippen molar-refractivity contribution in [1.82, 2.24) is 9.88 Å². The molecule has 0 radical (unpaired) electrons. The van der Waals surface area contributed by atoms with Crippen LogP contribution in [0.1, 0.15) is 12.5 Å². The number of nitrogens with zero attached hydrogens (tertiary/aromatic N) is 2. The summed E-state index contributed by atoms with van der Waals surface area (Å²) in [6.45, 7) is 3.33. The summed E-state index contributed by atoms with van der Waals surface area (Å²) in [5, 5.41) is 0. The molecule has 1 aliphatic rings. The number of methoxy groups -OCH3 is 1. The number of ether oxygens (including phenoxy) is 2. The van der Waals surface area contributed by atoms with Crippen molar-refractivity contribution in [3.05, 3.63) is 35.9 Å². The molecule has 1 amide bonds. The molecule has 1 fully saturated rings. The zero-order chi connectivity index (χ0) is 18.0. The molecule has 0 saturated carbocycles. The molecule has 1 aromatic carbocycles. The average molecular weight is 339 g/mol. The Bertz CT molecular complexity index is 791. The molecule has 25 heavy (non-hydrogen) atoms. The first-order valence-electron chi connectivity index (χ1n) is 8.37. The highest BCUT2D eigenvalue weighted by Crippen LogP contribution is 2.36. The SMILES string of the molecule is BC(=O)N1CC(Oc2cc(OC)c(-c3cccc(N)n3)cc2CC)C1. The van der Waals surface area contributed by atoms with Gasteiger partial charge in [-0.3, -0.25) is 4.79 Å². The van der Waals surface area contributed by atoms with Crippen LogP contribution in [0.25, 0.3) is 11.3 Å². The van der Waals surface area contributed by atoms with E-state index in [2.05, 4.69) is 11.9 Å². The summed E-state index contributed by atoms with van der Waals surface area (Å²) < 4.78 is 11.6. The van der Waals surface area contributed by atoms with E-state index >= 15 is 0 Å². The maximum absolute atomic E-state index is 11.3. The molecular weight excluding hydrogens is 317 g/mol. The maximum Gasteiger partial charge on any atom is 0.215 e. The molecule has 0 aliphatic carbocycles. The highest BCUT2D eigenvalue weighted by Gasteiger charge is 2.30. The summed E-state index contributed by atoms with van der Waals surface area (Å²) in [7, 11) is 3.20. The summed E-state index contributed by atoms with van der Waals surface area (Å²) in [4.78, 5) is 17.5. The first-order chi connectivity index (χ1) is 12.0. The first kappa shape index (κ1) is 17.1. The van der Waals surface area contributed by atoms with Gasteiger partial charge in [0.2, 0.25) is 7.85 Å². The van der Waals surface area contributed by atoms with Gasteiger partial charge in [0, 0.05) is 11.6 Å². The minimum atomic E-state index is 0.0234. The highest BCUT2D eigenvalue weighted by atomic mass is 16.5. The summed E-state index contributed by atoms with van der Waals surface area (Å²) in [5.41, 5.74) is 8.53. The van der Waals surface area contributed by atoms with Crippen molar-refractivity contribution in [2.24, 2.45) is 0 Å². The molecule has 3 rings (SSSR count). The Labute approximate surface area is 148 Å². The van der Waals surface area contributed by atoms with E-state index in [0.717, 1.165) is 29.0 Å². The van der Waals surface area contributed by atoms with Crippen molar-refractivity contribution in [3.63, 3.8) is 0 Å². The number of rotatable bonds is 5. The van der Waals surface area contributed by atoms with Crippen LogP contribution in [0.5, 0.6) is 11.5 Å². The Balaban J connectivity index is 1.89. The lowest BCUT2D eigenvalue weighted by Gasteiger charge is -2.39. The van der Waals surface area contributed by atoms with Gasteiger partial charge < -0.3 is 20.1 Å².